The first-order chi connectivity index (χ1) is 12.2. The van der Waals surface area contributed by atoms with Crippen LogP contribution in [-0.2, 0) is 19.0 Å². The number of hydrogen-bond donors (Lipinski definition) is 8. The van der Waals surface area contributed by atoms with Crippen molar-refractivity contribution in [1.29, 1.82) is 0 Å². The molecule has 2 heterocycles. The Balaban J connectivity index is 2.16. The summed E-state index contributed by atoms with van der Waals surface area (Å²) in [5.74, 6) is -0.539. The molecule has 0 saturated carbocycles. The molecule has 1 amide bonds. The van der Waals surface area contributed by atoms with Crippen molar-refractivity contribution in [3.8, 4) is 0 Å². The van der Waals surface area contributed by atoms with E-state index in [0.717, 1.165) is 0 Å². The van der Waals surface area contributed by atoms with Crippen molar-refractivity contribution in [2.75, 3.05) is 13.2 Å². The molecule has 0 bridgehead atoms. The Hall–Kier alpha value is -0.930. The molecule has 9 N–H and O–H groups in total. The molecule has 12 heteroatoms. The van der Waals surface area contributed by atoms with Gasteiger partial charge in [-0.05, 0) is 0 Å². The normalized spacial score (nSPS) is 46.8. The number of rotatable bonds is 5. The van der Waals surface area contributed by atoms with Crippen LogP contribution in [0.5, 0.6) is 0 Å². The molecule has 12 nitrogen and oxygen atoms in total. The van der Waals surface area contributed by atoms with Crippen LogP contribution in [0.3, 0.4) is 0 Å². The maximum absolute atomic E-state index is 11.3. The van der Waals surface area contributed by atoms with Crippen LogP contribution in [0.2, 0.25) is 0 Å². The van der Waals surface area contributed by atoms with E-state index < -0.39 is 80.4 Å². The number of amides is 1. The van der Waals surface area contributed by atoms with Crippen molar-refractivity contribution in [2.45, 2.75) is 68.2 Å². The summed E-state index contributed by atoms with van der Waals surface area (Å²) in [6.45, 7) is -0.0789. The van der Waals surface area contributed by atoms with E-state index in [1.807, 2.05) is 0 Å². The Labute approximate surface area is 149 Å². The fraction of sp³-hybridized carbons (Fsp3) is 0.929. The van der Waals surface area contributed by atoms with E-state index in [1.54, 1.807) is 0 Å². The summed E-state index contributed by atoms with van der Waals surface area (Å²) in [6, 6.07) is -2.48. The Morgan fingerprint density at radius 1 is 1.04 bits per heavy atom. The van der Waals surface area contributed by atoms with E-state index in [2.05, 4.69) is 5.32 Å². The van der Waals surface area contributed by atoms with E-state index in [-0.39, 0.29) is 0 Å². The predicted octanol–water partition coefficient (Wildman–Crippen LogP) is -5.29. The molecule has 5 unspecified atom stereocenters. The third-order valence-corrected chi connectivity index (χ3v) is 4.46. The Morgan fingerprint density at radius 2 is 1.65 bits per heavy atom. The van der Waals surface area contributed by atoms with Gasteiger partial charge >= 0.3 is 0 Å². The topological polar surface area (TPSA) is 204 Å². The molecule has 2 fully saturated rings. The highest BCUT2D eigenvalue weighted by molar-refractivity contribution is 5.73. The minimum Gasteiger partial charge on any atom is -0.394 e. The summed E-state index contributed by atoms with van der Waals surface area (Å²) >= 11 is 0. The summed E-state index contributed by atoms with van der Waals surface area (Å²) < 4.78 is 16.0. The summed E-state index contributed by atoms with van der Waals surface area (Å²) in [5.41, 5.74) is 5.78. The monoisotopic (exact) mass is 382 g/mol. The second kappa shape index (κ2) is 8.84. The number of aliphatic hydroxyl groups excluding tert-OH is 6. The molecule has 0 aliphatic carbocycles. The molecule has 2 aliphatic rings. The summed E-state index contributed by atoms with van der Waals surface area (Å²) in [4.78, 5) is 11.3. The molecular weight excluding hydrogens is 356 g/mol. The fourth-order valence-electron chi connectivity index (χ4n) is 3.02. The molecule has 2 rings (SSSR count). The zero-order chi connectivity index (χ0) is 19.6. The van der Waals surface area contributed by atoms with E-state index in [4.69, 9.17) is 19.9 Å². The van der Waals surface area contributed by atoms with Gasteiger partial charge < -0.3 is 55.9 Å². The Kier molecular flexibility index (Phi) is 7.27. The minimum absolute atomic E-state index is 0.539. The third kappa shape index (κ3) is 4.31. The minimum atomic E-state index is -1.59. The largest absolute Gasteiger partial charge is 0.394 e. The number of nitrogens with two attached hydrogens (primary N) is 1. The lowest BCUT2D eigenvalue weighted by atomic mass is 9.95. The van der Waals surface area contributed by atoms with Gasteiger partial charge in [-0.3, -0.25) is 4.79 Å². The summed E-state index contributed by atoms with van der Waals surface area (Å²) in [7, 11) is 0. The van der Waals surface area contributed by atoms with E-state index in [1.165, 1.54) is 6.92 Å². The number of hydrogen-bond acceptors (Lipinski definition) is 11. The van der Waals surface area contributed by atoms with Crippen LogP contribution in [0.15, 0.2) is 0 Å². The molecule has 0 aromatic rings. The van der Waals surface area contributed by atoms with Crippen molar-refractivity contribution in [3.05, 3.63) is 0 Å². The van der Waals surface area contributed by atoms with Gasteiger partial charge in [-0.25, -0.2) is 0 Å². The van der Waals surface area contributed by atoms with Gasteiger partial charge in [-0.1, -0.05) is 0 Å². The second-order valence-electron chi connectivity index (χ2n) is 6.35. The van der Waals surface area contributed by atoms with Gasteiger partial charge in [0, 0.05) is 6.92 Å². The third-order valence-electron chi connectivity index (χ3n) is 4.46. The van der Waals surface area contributed by atoms with Crippen LogP contribution >= 0.6 is 0 Å². The van der Waals surface area contributed by atoms with E-state index in [9.17, 15) is 35.4 Å². The zero-order valence-corrected chi connectivity index (χ0v) is 14.1. The van der Waals surface area contributed by atoms with Crippen LogP contribution < -0.4 is 11.1 Å². The van der Waals surface area contributed by atoms with E-state index >= 15 is 0 Å². The van der Waals surface area contributed by atoms with Gasteiger partial charge in [-0.15, -0.1) is 0 Å². The van der Waals surface area contributed by atoms with Crippen LogP contribution in [-0.4, -0.2) is 111 Å². The molecule has 10 atom stereocenters. The zero-order valence-electron chi connectivity index (χ0n) is 14.1. The van der Waals surface area contributed by atoms with Gasteiger partial charge in [0.15, 0.2) is 12.6 Å². The molecule has 26 heavy (non-hydrogen) atoms. The van der Waals surface area contributed by atoms with Gasteiger partial charge in [-0.2, -0.15) is 0 Å². The maximum Gasteiger partial charge on any atom is 0.217 e. The van der Waals surface area contributed by atoms with Crippen LogP contribution in [0, 0.1) is 0 Å². The predicted molar refractivity (Wildman–Crippen MR) is 82.2 cm³/mol. The first-order valence-electron chi connectivity index (χ1n) is 8.14. The lowest BCUT2D eigenvalue weighted by Gasteiger charge is -2.46. The second-order valence-corrected chi connectivity index (χ2v) is 6.35. The number of aliphatic hydroxyl groups is 6. The smallest absolute Gasteiger partial charge is 0.217 e. The highest BCUT2D eigenvalue weighted by Gasteiger charge is 2.50. The first kappa shape index (κ1) is 21.4. The van der Waals surface area contributed by atoms with Crippen molar-refractivity contribution >= 4 is 5.91 Å². The molecule has 2 saturated heterocycles. The van der Waals surface area contributed by atoms with Crippen molar-refractivity contribution in [1.82, 2.24) is 5.32 Å². The lowest BCUT2D eigenvalue weighted by Crippen LogP contribution is -2.68. The molecule has 0 radical (unpaired) electrons. The van der Waals surface area contributed by atoms with E-state index in [0.29, 0.717) is 0 Å². The van der Waals surface area contributed by atoms with Gasteiger partial charge in [0.25, 0.3) is 0 Å². The fourth-order valence-corrected chi connectivity index (χ4v) is 3.02. The Bertz CT molecular complexity index is 481. The summed E-state index contributed by atoms with van der Waals surface area (Å²) in [5, 5.41) is 61.1. The number of nitrogens with one attached hydrogen (secondary N) is 1. The van der Waals surface area contributed by atoms with Gasteiger partial charge in [0.2, 0.25) is 5.91 Å². The van der Waals surface area contributed by atoms with Crippen molar-refractivity contribution in [3.63, 3.8) is 0 Å². The number of carbonyl (C=O) groups excluding carboxylic acids is 1. The quantitative estimate of drug-likeness (QED) is 0.225. The number of ether oxygens (including phenoxy) is 3. The molecule has 0 aromatic heterocycles. The first-order valence-corrected chi connectivity index (χ1v) is 8.14. The Morgan fingerprint density at radius 3 is 2.19 bits per heavy atom. The highest BCUT2D eigenvalue weighted by Crippen LogP contribution is 2.28. The molecule has 2 aliphatic heterocycles. The van der Waals surface area contributed by atoms with Crippen molar-refractivity contribution in [2.24, 2.45) is 5.73 Å². The maximum atomic E-state index is 11.3. The van der Waals surface area contributed by atoms with Gasteiger partial charge in [0.1, 0.15) is 42.7 Å². The lowest BCUT2D eigenvalue weighted by molar-refractivity contribution is -0.325. The highest BCUT2D eigenvalue weighted by atomic mass is 16.7. The van der Waals surface area contributed by atoms with Crippen LogP contribution in [0.25, 0.3) is 0 Å². The molecule has 152 valence electrons. The van der Waals surface area contributed by atoms with Crippen LogP contribution in [0.4, 0.5) is 0 Å². The van der Waals surface area contributed by atoms with Gasteiger partial charge in [0.05, 0.1) is 19.3 Å². The number of carbonyl (C=O) groups is 1. The molecule has 0 spiro atoms. The summed E-state index contributed by atoms with van der Waals surface area (Å²) in [6.07, 6.45) is -11.0. The van der Waals surface area contributed by atoms with Crippen molar-refractivity contribution < 1.29 is 49.6 Å². The average molecular weight is 382 g/mol. The SMILES string of the molecule is CC(=O)N[C@H]1[C@@H](O)O[C@H](CO)C(O[C@@H]2OC(CO)C(O)C(O)C2N)[C@@H]1O. The molecule has 0 aromatic carbocycles. The average Bonchev–Trinajstić information content (AvgIpc) is 2.60. The molecular formula is C14H26N2O10. The standard InChI is InChI=1S/C14H26N2O10/c1-4(19)16-8-11(22)12(6(3-18)24-13(8)23)26-14-7(15)10(21)9(20)5(2-17)25-14/h5-14,17-18,20-23H,2-3,15H2,1H3,(H,16,19)/t5?,6-,7?,8-,9?,10?,11-,12?,13+,14+/m1/s1. The van der Waals surface area contributed by atoms with Crippen LogP contribution in [0.1, 0.15) is 6.92 Å².